The minimum absolute atomic E-state index is 0.0781. The molecule has 0 radical (unpaired) electrons. The zero-order valence-electron chi connectivity index (χ0n) is 22.3. The van der Waals surface area contributed by atoms with Crippen LogP contribution in [0.1, 0.15) is 37.3 Å². The number of rotatable bonds is 12. The highest BCUT2D eigenvalue weighted by molar-refractivity contribution is 9.10. The molecule has 5 nitrogen and oxygen atoms in total. The number of benzene rings is 3. The average Bonchev–Trinajstić information content (AvgIpc) is 2.94. The molecule has 6 heteroatoms. The molecule has 3 aromatic carbocycles. The molecule has 0 bridgehead atoms. The van der Waals surface area contributed by atoms with E-state index >= 15 is 0 Å². The third kappa shape index (κ3) is 7.84. The number of anilines is 1. The topological polar surface area (TPSA) is 40.2 Å². The summed E-state index contributed by atoms with van der Waals surface area (Å²) in [5, 5.41) is 0. The molecule has 0 fully saturated rings. The van der Waals surface area contributed by atoms with Crippen molar-refractivity contribution in [3.63, 3.8) is 0 Å². The van der Waals surface area contributed by atoms with E-state index in [1.165, 1.54) is 5.56 Å². The summed E-state index contributed by atoms with van der Waals surface area (Å²) in [4.78, 5) is 2.41. The van der Waals surface area contributed by atoms with Gasteiger partial charge in [-0.05, 0) is 85.5 Å². The van der Waals surface area contributed by atoms with Crippen LogP contribution in [-0.4, -0.2) is 41.0 Å². The summed E-state index contributed by atoms with van der Waals surface area (Å²) in [6.45, 7) is 3.06. The Balaban J connectivity index is 1.85. The Kier molecular flexibility index (Phi) is 11.0. The molecule has 0 heterocycles. The molecule has 1 unspecified atom stereocenters. The first kappa shape index (κ1) is 28.3. The SMILES string of the molecule is CCCC(C#Cc1ccc(OC)cc1)N(CCCc1cc(OC)c(OC)cc1Br)c1ccc(OC)cc1. The van der Waals surface area contributed by atoms with Gasteiger partial charge in [0.05, 0.1) is 34.5 Å². The smallest absolute Gasteiger partial charge is 0.161 e. The monoisotopic (exact) mass is 565 g/mol. The van der Waals surface area contributed by atoms with Gasteiger partial charge in [-0.1, -0.05) is 41.1 Å². The van der Waals surface area contributed by atoms with Crippen LogP contribution in [0.5, 0.6) is 23.0 Å². The first-order valence-corrected chi connectivity index (χ1v) is 13.3. The van der Waals surface area contributed by atoms with Crippen LogP contribution in [0.3, 0.4) is 0 Å². The maximum Gasteiger partial charge on any atom is 0.161 e. The Morgan fingerprint density at radius 2 is 1.41 bits per heavy atom. The highest BCUT2D eigenvalue weighted by Crippen LogP contribution is 2.34. The summed E-state index contributed by atoms with van der Waals surface area (Å²) >= 11 is 3.70. The Labute approximate surface area is 229 Å². The Hall–Kier alpha value is -3.30. The van der Waals surface area contributed by atoms with Gasteiger partial charge in [-0.2, -0.15) is 0 Å². The molecule has 37 heavy (non-hydrogen) atoms. The minimum Gasteiger partial charge on any atom is -0.497 e. The van der Waals surface area contributed by atoms with Crippen LogP contribution in [0, 0.1) is 11.8 Å². The van der Waals surface area contributed by atoms with Crippen molar-refractivity contribution in [3.05, 3.63) is 76.3 Å². The van der Waals surface area contributed by atoms with Crippen LogP contribution in [0.15, 0.2) is 65.1 Å². The normalized spacial score (nSPS) is 11.2. The van der Waals surface area contributed by atoms with Crippen molar-refractivity contribution in [2.75, 3.05) is 39.9 Å². The zero-order valence-corrected chi connectivity index (χ0v) is 23.9. The molecule has 3 rings (SSSR count). The average molecular weight is 567 g/mol. The summed E-state index contributed by atoms with van der Waals surface area (Å²) in [5.41, 5.74) is 3.30. The number of hydrogen-bond donors (Lipinski definition) is 0. The third-order valence-electron chi connectivity index (χ3n) is 6.21. The Bertz CT molecular complexity index is 1180. The van der Waals surface area contributed by atoms with E-state index < -0.39 is 0 Å². The molecule has 0 aromatic heterocycles. The molecular formula is C31H36BrNO4. The van der Waals surface area contributed by atoms with Crippen molar-refractivity contribution < 1.29 is 18.9 Å². The largest absolute Gasteiger partial charge is 0.497 e. The van der Waals surface area contributed by atoms with Gasteiger partial charge in [0.2, 0.25) is 0 Å². The fraction of sp³-hybridized carbons (Fsp3) is 0.355. The quantitative estimate of drug-likeness (QED) is 0.218. The molecule has 0 aliphatic rings. The number of halogens is 1. The summed E-state index contributed by atoms with van der Waals surface area (Å²) in [5.74, 6) is 10.1. The van der Waals surface area contributed by atoms with Crippen LogP contribution in [-0.2, 0) is 6.42 Å². The van der Waals surface area contributed by atoms with E-state index in [0.717, 1.165) is 70.9 Å². The van der Waals surface area contributed by atoms with Gasteiger partial charge in [0.1, 0.15) is 11.5 Å². The van der Waals surface area contributed by atoms with E-state index in [1.807, 2.05) is 48.5 Å². The molecular weight excluding hydrogens is 530 g/mol. The van der Waals surface area contributed by atoms with Gasteiger partial charge in [-0.3, -0.25) is 0 Å². The van der Waals surface area contributed by atoms with Gasteiger partial charge in [0.15, 0.2) is 11.5 Å². The van der Waals surface area contributed by atoms with Crippen LogP contribution >= 0.6 is 15.9 Å². The van der Waals surface area contributed by atoms with Crippen molar-refractivity contribution in [1.82, 2.24) is 0 Å². The first-order valence-electron chi connectivity index (χ1n) is 12.5. The van der Waals surface area contributed by atoms with Crippen LogP contribution < -0.4 is 23.8 Å². The van der Waals surface area contributed by atoms with Gasteiger partial charge in [0.25, 0.3) is 0 Å². The van der Waals surface area contributed by atoms with Crippen LogP contribution in [0.4, 0.5) is 5.69 Å². The number of aryl methyl sites for hydroxylation is 1. The lowest BCUT2D eigenvalue weighted by molar-refractivity contribution is 0.354. The highest BCUT2D eigenvalue weighted by Gasteiger charge is 2.17. The van der Waals surface area contributed by atoms with Crippen molar-refractivity contribution in [1.29, 1.82) is 0 Å². The highest BCUT2D eigenvalue weighted by atomic mass is 79.9. The lowest BCUT2D eigenvalue weighted by Crippen LogP contribution is -2.35. The standard InChI is InChI=1S/C31H36BrNO4/c1-6-8-25(13-10-23-11-16-27(34-2)17-12-23)33(26-14-18-28(35-3)19-15-26)20-7-9-24-21-30(36-4)31(37-5)22-29(24)32/h11-12,14-19,21-22,25H,6-9,20H2,1-5H3. The molecule has 0 amide bonds. The second-order valence-corrected chi connectivity index (χ2v) is 9.45. The minimum atomic E-state index is 0.0781. The third-order valence-corrected chi connectivity index (χ3v) is 6.95. The van der Waals surface area contributed by atoms with Gasteiger partial charge in [-0.15, -0.1) is 0 Å². The summed E-state index contributed by atoms with van der Waals surface area (Å²) in [6, 6.07) is 20.2. The molecule has 0 aliphatic carbocycles. The zero-order chi connectivity index (χ0) is 26.6. The second kappa shape index (κ2) is 14.4. The van der Waals surface area contributed by atoms with Crippen LogP contribution in [0.2, 0.25) is 0 Å². The molecule has 3 aromatic rings. The maximum atomic E-state index is 5.51. The van der Waals surface area contributed by atoms with E-state index in [2.05, 4.69) is 51.7 Å². The van der Waals surface area contributed by atoms with Crippen molar-refractivity contribution in [2.45, 2.75) is 38.6 Å². The number of ether oxygens (including phenoxy) is 4. The van der Waals surface area contributed by atoms with Crippen LogP contribution in [0.25, 0.3) is 0 Å². The maximum absolute atomic E-state index is 5.51. The van der Waals surface area contributed by atoms with Gasteiger partial charge < -0.3 is 23.8 Å². The van der Waals surface area contributed by atoms with Gasteiger partial charge in [0, 0.05) is 22.3 Å². The molecule has 1 atom stereocenters. The lowest BCUT2D eigenvalue weighted by Gasteiger charge is -2.31. The predicted octanol–water partition coefficient (Wildman–Crippen LogP) is 7.14. The summed E-state index contributed by atoms with van der Waals surface area (Å²) in [6.07, 6.45) is 3.84. The molecule has 0 spiro atoms. The molecule has 0 N–H and O–H groups in total. The molecule has 196 valence electrons. The number of methoxy groups -OCH3 is 4. The number of nitrogens with zero attached hydrogens (tertiary/aromatic N) is 1. The van der Waals surface area contributed by atoms with Gasteiger partial charge in [-0.25, -0.2) is 0 Å². The lowest BCUT2D eigenvalue weighted by atomic mass is 10.1. The van der Waals surface area contributed by atoms with E-state index in [-0.39, 0.29) is 6.04 Å². The van der Waals surface area contributed by atoms with Crippen molar-refractivity contribution >= 4 is 21.6 Å². The molecule has 0 saturated heterocycles. The molecule has 0 saturated carbocycles. The van der Waals surface area contributed by atoms with Crippen molar-refractivity contribution in [3.8, 4) is 34.8 Å². The first-order chi connectivity index (χ1) is 18.0. The van der Waals surface area contributed by atoms with E-state index in [1.54, 1.807) is 28.4 Å². The van der Waals surface area contributed by atoms with E-state index in [9.17, 15) is 0 Å². The summed E-state index contributed by atoms with van der Waals surface area (Å²) < 4.78 is 22.6. The Morgan fingerprint density at radius 3 is 1.97 bits per heavy atom. The Morgan fingerprint density at radius 1 is 0.811 bits per heavy atom. The predicted molar refractivity (Wildman–Crippen MR) is 154 cm³/mol. The van der Waals surface area contributed by atoms with E-state index in [0.29, 0.717) is 0 Å². The molecule has 0 aliphatic heterocycles. The van der Waals surface area contributed by atoms with E-state index in [4.69, 9.17) is 18.9 Å². The fourth-order valence-corrected chi connectivity index (χ4v) is 4.71. The van der Waals surface area contributed by atoms with Crippen molar-refractivity contribution in [2.24, 2.45) is 0 Å². The second-order valence-electron chi connectivity index (χ2n) is 8.60. The fourth-order valence-electron chi connectivity index (χ4n) is 4.19. The van der Waals surface area contributed by atoms with Gasteiger partial charge >= 0.3 is 0 Å². The summed E-state index contributed by atoms with van der Waals surface area (Å²) in [7, 11) is 6.68. The number of hydrogen-bond acceptors (Lipinski definition) is 5.